The van der Waals surface area contributed by atoms with E-state index in [-0.39, 0.29) is 5.91 Å². The molecule has 2 aromatic rings. The zero-order valence-electron chi connectivity index (χ0n) is 11.5. The van der Waals surface area contributed by atoms with Crippen molar-refractivity contribution >= 4 is 23.7 Å². The molecule has 108 valence electrons. The number of benzene rings is 2. The Morgan fingerprint density at radius 1 is 1.24 bits per heavy atom. The summed E-state index contributed by atoms with van der Waals surface area (Å²) in [5.41, 5.74) is 3.34. The number of nitrogens with zero attached hydrogens (tertiary/aromatic N) is 1. The summed E-state index contributed by atoms with van der Waals surface area (Å²) < 4.78 is 5.49. The van der Waals surface area contributed by atoms with Crippen molar-refractivity contribution in [1.29, 1.82) is 0 Å². The number of ether oxygens (including phenoxy) is 1. The van der Waals surface area contributed by atoms with E-state index in [0.717, 1.165) is 5.56 Å². The van der Waals surface area contributed by atoms with Crippen LogP contribution in [-0.2, 0) is 4.79 Å². The van der Waals surface area contributed by atoms with Gasteiger partial charge >= 0.3 is 0 Å². The standard InChI is InChI=1S/C16H15ClN2O2/c1-12(21-15-9-5-8-14(17)10-15)16(20)19-18-11-13-6-3-2-4-7-13/h2-12H,1H3,(H,19,20)/b18-11-/t12-/m1/s1. The summed E-state index contributed by atoms with van der Waals surface area (Å²) in [6.45, 7) is 1.65. The Balaban J connectivity index is 1.87. The maximum atomic E-state index is 11.8. The van der Waals surface area contributed by atoms with Crippen molar-refractivity contribution in [2.75, 3.05) is 0 Å². The Morgan fingerprint density at radius 3 is 2.71 bits per heavy atom. The average molecular weight is 303 g/mol. The topological polar surface area (TPSA) is 50.7 Å². The summed E-state index contributed by atoms with van der Waals surface area (Å²) in [4.78, 5) is 11.8. The SMILES string of the molecule is C[C@@H](Oc1cccc(Cl)c1)C(=O)N/N=C\c1ccccc1. The van der Waals surface area contributed by atoms with Gasteiger partial charge < -0.3 is 4.74 Å². The molecule has 21 heavy (non-hydrogen) atoms. The average Bonchev–Trinajstić information content (AvgIpc) is 2.48. The van der Waals surface area contributed by atoms with Gasteiger partial charge in [-0.25, -0.2) is 5.43 Å². The number of halogens is 1. The van der Waals surface area contributed by atoms with E-state index in [1.807, 2.05) is 30.3 Å². The number of rotatable bonds is 5. The summed E-state index contributed by atoms with van der Waals surface area (Å²) in [5, 5.41) is 4.45. The Morgan fingerprint density at radius 2 is 2.00 bits per heavy atom. The molecule has 1 atom stereocenters. The van der Waals surface area contributed by atoms with Gasteiger partial charge in [0.25, 0.3) is 5.91 Å². The second kappa shape index (κ2) is 7.45. The highest BCUT2D eigenvalue weighted by Gasteiger charge is 2.13. The van der Waals surface area contributed by atoms with Crippen molar-refractivity contribution in [3.8, 4) is 5.75 Å². The van der Waals surface area contributed by atoms with Crippen LogP contribution in [0.4, 0.5) is 0 Å². The second-order valence-corrected chi connectivity index (χ2v) is 4.80. The van der Waals surface area contributed by atoms with Gasteiger partial charge in [-0.15, -0.1) is 0 Å². The van der Waals surface area contributed by atoms with Gasteiger partial charge in [0.1, 0.15) is 5.75 Å². The normalized spacial score (nSPS) is 12.1. The highest BCUT2D eigenvalue weighted by Crippen LogP contribution is 2.18. The zero-order chi connectivity index (χ0) is 15.1. The highest BCUT2D eigenvalue weighted by molar-refractivity contribution is 6.30. The van der Waals surface area contributed by atoms with Crippen LogP contribution in [0.3, 0.4) is 0 Å². The van der Waals surface area contributed by atoms with Crippen LogP contribution < -0.4 is 10.2 Å². The first-order valence-electron chi connectivity index (χ1n) is 6.45. The fraction of sp³-hybridized carbons (Fsp3) is 0.125. The number of carbonyl (C=O) groups excluding carboxylic acids is 1. The van der Waals surface area contributed by atoms with Gasteiger partial charge in [-0.1, -0.05) is 48.0 Å². The van der Waals surface area contributed by atoms with Crippen LogP contribution in [-0.4, -0.2) is 18.2 Å². The Kier molecular flexibility index (Phi) is 5.35. The summed E-state index contributed by atoms with van der Waals surface area (Å²) in [7, 11) is 0. The molecular weight excluding hydrogens is 288 g/mol. The third-order valence-electron chi connectivity index (χ3n) is 2.67. The molecule has 0 aliphatic heterocycles. The van der Waals surface area contributed by atoms with Crippen LogP contribution >= 0.6 is 11.6 Å². The molecule has 0 aliphatic carbocycles. The summed E-state index contributed by atoms with van der Waals surface area (Å²) in [5.74, 6) is 0.208. The maximum Gasteiger partial charge on any atom is 0.280 e. The predicted octanol–water partition coefficient (Wildman–Crippen LogP) is 3.26. The van der Waals surface area contributed by atoms with Crippen LogP contribution in [0.15, 0.2) is 59.7 Å². The van der Waals surface area contributed by atoms with E-state index < -0.39 is 6.10 Å². The minimum atomic E-state index is -0.670. The predicted molar refractivity (Wildman–Crippen MR) is 83.7 cm³/mol. The van der Waals surface area contributed by atoms with E-state index in [0.29, 0.717) is 10.8 Å². The highest BCUT2D eigenvalue weighted by atomic mass is 35.5. The van der Waals surface area contributed by atoms with Gasteiger partial charge in [0.15, 0.2) is 6.10 Å². The number of amides is 1. The van der Waals surface area contributed by atoms with Gasteiger partial charge in [-0.05, 0) is 30.7 Å². The second-order valence-electron chi connectivity index (χ2n) is 4.36. The molecule has 0 unspecified atom stereocenters. The third-order valence-corrected chi connectivity index (χ3v) is 2.90. The van der Waals surface area contributed by atoms with Crippen LogP contribution in [0.1, 0.15) is 12.5 Å². The number of hydrogen-bond donors (Lipinski definition) is 1. The lowest BCUT2D eigenvalue weighted by Crippen LogP contribution is -2.33. The number of carbonyl (C=O) groups is 1. The number of nitrogens with one attached hydrogen (secondary N) is 1. The van der Waals surface area contributed by atoms with E-state index in [1.165, 1.54) is 0 Å². The molecule has 0 spiro atoms. The maximum absolute atomic E-state index is 11.8. The van der Waals surface area contributed by atoms with Gasteiger partial charge in [0, 0.05) is 5.02 Å². The molecule has 0 fully saturated rings. The first-order valence-corrected chi connectivity index (χ1v) is 6.83. The minimum absolute atomic E-state index is 0.331. The fourth-order valence-electron chi connectivity index (χ4n) is 1.60. The van der Waals surface area contributed by atoms with Crippen LogP contribution in [0.5, 0.6) is 5.75 Å². The molecule has 2 rings (SSSR count). The van der Waals surface area contributed by atoms with Gasteiger partial charge in [0.2, 0.25) is 0 Å². The van der Waals surface area contributed by atoms with Crippen molar-refractivity contribution in [2.45, 2.75) is 13.0 Å². The smallest absolute Gasteiger partial charge is 0.280 e. The molecule has 0 saturated carbocycles. The summed E-state index contributed by atoms with van der Waals surface area (Å²) in [6.07, 6.45) is 0.903. The third kappa shape index (κ3) is 4.93. The van der Waals surface area contributed by atoms with E-state index in [4.69, 9.17) is 16.3 Å². The quantitative estimate of drug-likeness (QED) is 0.681. The molecular formula is C16H15ClN2O2. The molecule has 2 aromatic carbocycles. The van der Waals surface area contributed by atoms with Crippen LogP contribution in [0.2, 0.25) is 5.02 Å². The van der Waals surface area contributed by atoms with E-state index in [9.17, 15) is 4.79 Å². The van der Waals surface area contributed by atoms with Crippen molar-refractivity contribution in [3.05, 3.63) is 65.2 Å². The Bertz CT molecular complexity index is 629. The zero-order valence-corrected chi connectivity index (χ0v) is 12.2. The lowest BCUT2D eigenvalue weighted by molar-refractivity contribution is -0.127. The molecule has 1 amide bonds. The van der Waals surface area contributed by atoms with Crippen molar-refractivity contribution < 1.29 is 9.53 Å². The van der Waals surface area contributed by atoms with Crippen LogP contribution in [0, 0.1) is 0 Å². The summed E-state index contributed by atoms with van der Waals surface area (Å²) >= 11 is 5.86. The largest absolute Gasteiger partial charge is 0.481 e. The monoisotopic (exact) mass is 302 g/mol. The van der Waals surface area contributed by atoms with Crippen molar-refractivity contribution in [3.63, 3.8) is 0 Å². The molecule has 4 nitrogen and oxygen atoms in total. The fourth-order valence-corrected chi connectivity index (χ4v) is 1.78. The van der Waals surface area contributed by atoms with Crippen molar-refractivity contribution in [2.24, 2.45) is 5.10 Å². The van der Waals surface area contributed by atoms with Gasteiger partial charge in [-0.2, -0.15) is 5.10 Å². The lowest BCUT2D eigenvalue weighted by atomic mass is 10.2. The minimum Gasteiger partial charge on any atom is -0.481 e. The van der Waals surface area contributed by atoms with Gasteiger partial charge in [-0.3, -0.25) is 4.79 Å². The molecule has 0 radical (unpaired) electrons. The number of hydrogen-bond acceptors (Lipinski definition) is 3. The van der Waals surface area contributed by atoms with E-state index in [1.54, 1.807) is 37.4 Å². The molecule has 0 bridgehead atoms. The van der Waals surface area contributed by atoms with Crippen molar-refractivity contribution in [1.82, 2.24) is 5.43 Å². The molecule has 0 aliphatic rings. The number of hydrazone groups is 1. The molecule has 0 heterocycles. The van der Waals surface area contributed by atoms with Crippen LogP contribution in [0.25, 0.3) is 0 Å². The lowest BCUT2D eigenvalue weighted by Gasteiger charge is -2.12. The molecule has 5 heteroatoms. The van der Waals surface area contributed by atoms with E-state index >= 15 is 0 Å². The summed E-state index contributed by atoms with van der Waals surface area (Å²) in [6, 6.07) is 16.4. The van der Waals surface area contributed by atoms with E-state index in [2.05, 4.69) is 10.5 Å². The first kappa shape index (κ1) is 15.1. The molecule has 1 N–H and O–H groups in total. The molecule has 0 aromatic heterocycles. The first-order chi connectivity index (χ1) is 10.1. The Hall–Kier alpha value is -2.33. The molecule has 0 saturated heterocycles. The van der Waals surface area contributed by atoms with Gasteiger partial charge in [0.05, 0.1) is 6.21 Å². The Labute approximate surface area is 128 Å².